The smallest absolute Gasteiger partial charge is 0.353 e. The first-order valence-electron chi connectivity index (χ1n) is 3.42. The van der Waals surface area contributed by atoms with Crippen molar-refractivity contribution in [1.29, 1.82) is 0 Å². The molecule has 0 aromatic carbocycles. The van der Waals surface area contributed by atoms with E-state index in [1.165, 1.54) is 18.3 Å². The van der Waals surface area contributed by atoms with E-state index in [1.54, 1.807) is 0 Å². The van der Waals surface area contributed by atoms with Crippen molar-refractivity contribution >= 4 is 12.2 Å². The number of nitrogens with one attached hydrogen (secondary N) is 1. The molecule has 1 atom stereocenters. The average Bonchev–Trinajstić information content (AvgIpc) is 2.03. The molecule has 6 heteroatoms. The standard InChI is InChI=1S/C7H7F3N2S/c8-7(9,10)6(11)4-1-2-5(13)12-3-4/h1-3,6H,11H2,(H,12,13). The number of rotatable bonds is 1. The zero-order chi connectivity index (χ0) is 10.1. The van der Waals surface area contributed by atoms with Crippen LogP contribution >= 0.6 is 12.2 Å². The Morgan fingerprint density at radius 2 is 2.00 bits per heavy atom. The summed E-state index contributed by atoms with van der Waals surface area (Å²) in [6.07, 6.45) is -3.25. The molecule has 3 N–H and O–H groups in total. The van der Waals surface area contributed by atoms with Crippen molar-refractivity contribution in [2.45, 2.75) is 12.2 Å². The second kappa shape index (κ2) is 3.47. The highest BCUT2D eigenvalue weighted by Gasteiger charge is 2.37. The van der Waals surface area contributed by atoms with Gasteiger partial charge >= 0.3 is 6.18 Å². The van der Waals surface area contributed by atoms with Gasteiger partial charge in [-0.3, -0.25) is 0 Å². The fraction of sp³-hybridized carbons (Fsp3) is 0.286. The third-order valence-corrected chi connectivity index (χ3v) is 1.77. The Morgan fingerprint density at radius 3 is 2.38 bits per heavy atom. The van der Waals surface area contributed by atoms with Crippen LogP contribution in [0, 0.1) is 4.64 Å². The quantitative estimate of drug-likeness (QED) is 0.695. The summed E-state index contributed by atoms with van der Waals surface area (Å²) >= 11 is 4.67. The van der Waals surface area contributed by atoms with Crippen molar-refractivity contribution in [3.8, 4) is 0 Å². The van der Waals surface area contributed by atoms with Crippen LogP contribution in [0.3, 0.4) is 0 Å². The molecule has 0 aliphatic rings. The van der Waals surface area contributed by atoms with Crippen LogP contribution in [0.4, 0.5) is 13.2 Å². The number of H-pyrrole nitrogens is 1. The van der Waals surface area contributed by atoms with E-state index in [1.807, 2.05) is 0 Å². The fourth-order valence-electron chi connectivity index (χ4n) is 0.805. The Kier molecular flexibility index (Phi) is 2.72. The molecule has 1 aromatic rings. The van der Waals surface area contributed by atoms with Crippen LogP contribution in [-0.2, 0) is 0 Å². The van der Waals surface area contributed by atoms with E-state index in [0.717, 1.165) is 0 Å². The van der Waals surface area contributed by atoms with Gasteiger partial charge in [-0.1, -0.05) is 18.3 Å². The lowest BCUT2D eigenvalue weighted by molar-refractivity contribution is -0.149. The summed E-state index contributed by atoms with van der Waals surface area (Å²) in [5.41, 5.74) is 4.92. The number of halogens is 3. The molecule has 0 saturated heterocycles. The summed E-state index contributed by atoms with van der Waals surface area (Å²) in [7, 11) is 0. The summed E-state index contributed by atoms with van der Waals surface area (Å²) < 4.78 is 36.6. The van der Waals surface area contributed by atoms with Gasteiger partial charge < -0.3 is 10.7 Å². The van der Waals surface area contributed by atoms with Crippen LogP contribution in [0.1, 0.15) is 11.6 Å². The number of nitrogens with two attached hydrogens (primary N) is 1. The number of aromatic amines is 1. The minimum Gasteiger partial charge on any atom is -0.353 e. The number of aromatic nitrogens is 1. The van der Waals surface area contributed by atoms with Gasteiger partial charge in [0.05, 0.1) is 0 Å². The summed E-state index contributed by atoms with van der Waals surface area (Å²) in [5, 5.41) is 0. The first-order chi connectivity index (χ1) is 5.91. The molecule has 2 nitrogen and oxygen atoms in total. The lowest BCUT2D eigenvalue weighted by Crippen LogP contribution is -2.28. The molecule has 0 aliphatic carbocycles. The molecule has 1 unspecified atom stereocenters. The van der Waals surface area contributed by atoms with Gasteiger partial charge in [-0.25, -0.2) is 0 Å². The van der Waals surface area contributed by atoms with Gasteiger partial charge in [-0.15, -0.1) is 0 Å². The summed E-state index contributed by atoms with van der Waals surface area (Å²) in [6, 6.07) is 0.673. The first kappa shape index (κ1) is 10.2. The maximum absolute atomic E-state index is 12.1. The van der Waals surface area contributed by atoms with Gasteiger partial charge in [0.25, 0.3) is 0 Å². The predicted molar refractivity (Wildman–Crippen MR) is 44.6 cm³/mol. The van der Waals surface area contributed by atoms with Gasteiger partial charge in [0.1, 0.15) is 10.7 Å². The number of pyridine rings is 1. The molecule has 1 rings (SSSR count). The highest BCUT2D eigenvalue weighted by Crippen LogP contribution is 2.29. The third kappa shape index (κ3) is 2.53. The molecule has 1 heterocycles. The zero-order valence-electron chi connectivity index (χ0n) is 6.43. The lowest BCUT2D eigenvalue weighted by Gasteiger charge is -2.15. The molecule has 72 valence electrons. The van der Waals surface area contributed by atoms with E-state index in [4.69, 9.17) is 5.73 Å². The topological polar surface area (TPSA) is 41.8 Å². The van der Waals surface area contributed by atoms with Gasteiger partial charge in [0, 0.05) is 6.20 Å². The normalized spacial score (nSPS) is 14.2. The summed E-state index contributed by atoms with van der Waals surface area (Å²) in [6.45, 7) is 0. The second-order valence-corrected chi connectivity index (χ2v) is 2.95. The van der Waals surface area contributed by atoms with Crippen LogP contribution in [0.5, 0.6) is 0 Å². The molecule has 1 aromatic heterocycles. The van der Waals surface area contributed by atoms with Gasteiger partial charge in [-0.2, -0.15) is 13.2 Å². The molecular formula is C7H7F3N2S. The number of alkyl halides is 3. The predicted octanol–water partition coefficient (Wildman–Crippen LogP) is 2.31. The van der Waals surface area contributed by atoms with Gasteiger partial charge in [0.15, 0.2) is 0 Å². The largest absolute Gasteiger partial charge is 0.407 e. The Balaban J connectivity index is 2.96. The van der Waals surface area contributed by atoms with Crippen molar-refractivity contribution in [2.24, 2.45) is 5.73 Å². The number of hydrogen-bond acceptors (Lipinski definition) is 2. The highest BCUT2D eigenvalue weighted by molar-refractivity contribution is 7.71. The average molecular weight is 208 g/mol. The molecular weight excluding hydrogens is 201 g/mol. The maximum atomic E-state index is 12.1. The van der Waals surface area contributed by atoms with Crippen LogP contribution in [-0.4, -0.2) is 11.2 Å². The molecule has 0 spiro atoms. The Labute approximate surface area is 77.6 Å². The van der Waals surface area contributed by atoms with E-state index >= 15 is 0 Å². The van der Waals surface area contributed by atoms with Crippen molar-refractivity contribution in [2.75, 3.05) is 0 Å². The minimum atomic E-state index is -4.42. The SMILES string of the molecule is NC(c1ccc(=S)[nH]c1)C(F)(F)F. The van der Waals surface area contributed by atoms with Crippen LogP contribution in [0.15, 0.2) is 18.3 Å². The molecule has 0 bridgehead atoms. The molecule has 13 heavy (non-hydrogen) atoms. The minimum absolute atomic E-state index is 0.0268. The van der Waals surface area contributed by atoms with Crippen molar-refractivity contribution in [3.63, 3.8) is 0 Å². The van der Waals surface area contributed by atoms with E-state index in [9.17, 15) is 13.2 Å². The second-order valence-electron chi connectivity index (χ2n) is 2.51. The summed E-state index contributed by atoms with van der Waals surface area (Å²) in [4.78, 5) is 2.49. The van der Waals surface area contributed by atoms with E-state index in [0.29, 0.717) is 4.64 Å². The van der Waals surface area contributed by atoms with E-state index in [2.05, 4.69) is 17.2 Å². The monoisotopic (exact) mass is 208 g/mol. The fourth-order valence-corrected chi connectivity index (χ4v) is 0.932. The molecule has 0 radical (unpaired) electrons. The van der Waals surface area contributed by atoms with Gasteiger partial charge in [0.2, 0.25) is 0 Å². The Morgan fingerprint density at radius 1 is 1.38 bits per heavy atom. The van der Waals surface area contributed by atoms with Crippen LogP contribution in [0.2, 0.25) is 0 Å². The highest BCUT2D eigenvalue weighted by atomic mass is 32.1. The summed E-state index contributed by atoms with van der Waals surface area (Å²) in [5.74, 6) is 0. The first-order valence-corrected chi connectivity index (χ1v) is 3.83. The molecule has 0 amide bonds. The molecule has 0 fully saturated rings. The van der Waals surface area contributed by atoms with Gasteiger partial charge in [-0.05, 0) is 11.6 Å². The lowest BCUT2D eigenvalue weighted by atomic mass is 10.1. The Hall–Kier alpha value is -0.880. The van der Waals surface area contributed by atoms with E-state index < -0.39 is 12.2 Å². The van der Waals surface area contributed by atoms with E-state index in [-0.39, 0.29) is 5.56 Å². The molecule has 0 aliphatic heterocycles. The van der Waals surface area contributed by atoms with Crippen molar-refractivity contribution < 1.29 is 13.2 Å². The van der Waals surface area contributed by atoms with Crippen molar-refractivity contribution in [1.82, 2.24) is 4.98 Å². The third-order valence-electron chi connectivity index (χ3n) is 1.52. The van der Waals surface area contributed by atoms with Crippen LogP contribution in [0.25, 0.3) is 0 Å². The van der Waals surface area contributed by atoms with Crippen LogP contribution < -0.4 is 5.73 Å². The zero-order valence-corrected chi connectivity index (χ0v) is 7.25. The van der Waals surface area contributed by atoms with Crippen molar-refractivity contribution in [3.05, 3.63) is 28.5 Å². The molecule has 0 saturated carbocycles. The maximum Gasteiger partial charge on any atom is 0.407 e. The Bertz CT molecular complexity index is 324. The number of hydrogen-bond donors (Lipinski definition) is 2.